The molecule has 11 heteroatoms. The first-order valence-electron chi connectivity index (χ1n) is 13.4. The van der Waals surface area contributed by atoms with Crippen molar-refractivity contribution in [2.75, 3.05) is 25.1 Å². The van der Waals surface area contributed by atoms with E-state index in [0.717, 1.165) is 23.2 Å². The molecular formula is C29H35Cl2N5O4. The minimum Gasteiger partial charge on any atom is -0.494 e. The fourth-order valence-corrected chi connectivity index (χ4v) is 5.30. The van der Waals surface area contributed by atoms with Crippen LogP contribution in [0, 0.1) is 5.92 Å². The molecule has 1 aliphatic carbocycles. The van der Waals surface area contributed by atoms with Crippen LogP contribution in [0.4, 0.5) is 5.82 Å². The molecule has 0 amide bonds. The Kier molecular flexibility index (Phi) is 9.73. The second-order valence-electron chi connectivity index (χ2n) is 9.70. The lowest BCUT2D eigenvalue weighted by Gasteiger charge is -2.27. The zero-order valence-electron chi connectivity index (χ0n) is 23.2. The SMILES string of the molecule is CCCOC1=CC(CNc2nc3c(c(-c4ccc(Cl)cc4Cl)c2CN)c(=O)n(C)c(=O)n3C)C(OCCC)C=C1. The fourth-order valence-electron chi connectivity index (χ4n) is 4.79. The summed E-state index contributed by atoms with van der Waals surface area (Å²) in [5.41, 5.74) is 7.22. The van der Waals surface area contributed by atoms with Crippen LogP contribution in [0.1, 0.15) is 32.3 Å². The van der Waals surface area contributed by atoms with Crippen LogP contribution in [0.3, 0.4) is 0 Å². The van der Waals surface area contributed by atoms with Crippen LogP contribution in [0.5, 0.6) is 0 Å². The first-order valence-corrected chi connectivity index (χ1v) is 14.1. The molecule has 0 fully saturated rings. The van der Waals surface area contributed by atoms with Gasteiger partial charge in [0.25, 0.3) is 5.56 Å². The van der Waals surface area contributed by atoms with Crippen molar-refractivity contribution in [1.82, 2.24) is 14.1 Å². The summed E-state index contributed by atoms with van der Waals surface area (Å²) in [6.45, 7) is 5.87. The molecule has 2 unspecified atom stereocenters. The third kappa shape index (κ3) is 5.98. The predicted octanol–water partition coefficient (Wildman–Crippen LogP) is 4.77. The molecular weight excluding hydrogens is 553 g/mol. The number of pyridine rings is 1. The molecule has 0 saturated carbocycles. The summed E-state index contributed by atoms with van der Waals surface area (Å²) in [7, 11) is 3.01. The fraction of sp³-hybridized carbons (Fsp3) is 0.414. The molecule has 0 aliphatic heterocycles. The largest absolute Gasteiger partial charge is 0.494 e. The van der Waals surface area contributed by atoms with Crippen molar-refractivity contribution in [3.8, 4) is 11.1 Å². The normalized spacial score (nSPS) is 16.8. The van der Waals surface area contributed by atoms with Gasteiger partial charge in [-0.05, 0) is 37.1 Å². The highest BCUT2D eigenvalue weighted by Crippen LogP contribution is 2.38. The van der Waals surface area contributed by atoms with Crippen LogP contribution >= 0.6 is 23.2 Å². The van der Waals surface area contributed by atoms with Gasteiger partial charge in [0, 0.05) is 66.4 Å². The molecule has 0 spiro atoms. The number of nitrogens with two attached hydrogens (primary N) is 1. The van der Waals surface area contributed by atoms with Crippen molar-refractivity contribution in [2.45, 2.75) is 39.3 Å². The van der Waals surface area contributed by atoms with Crippen molar-refractivity contribution in [2.24, 2.45) is 25.7 Å². The lowest BCUT2D eigenvalue weighted by atomic mass is 9.95. The Labute approximate surface area is 243 Å². The first-order chi connectivity index (χ1) is 19.2. The van der Waals surface area contributed by atoms with E-state index < -0.39 is 11.2 Å². The highest BCUT2D eigenvalue weighted by Gasteiger charge is 2.26. The van der Waals surface area contributed by atoms with E-state index in [2.05, 4.69) is 25.2 Å². The van der Waals surface area contributed by atoms with Gasteiger partial charge in [0.05, 0.1) is 18.1 Å². The van der Waals surface area contributed by atoms with Crippen molar-refractivity contribution in [3.05, 3.63) is 78.6 Å². The Morgan fingerprint density at radius 2 is 1.85 bits per heavy atom. The van der Waals surface area contributed by atoms with Crippen LogP contribution < -0.4 is 22.3 Å². The van der Waals surface area contributed by atoms with Gasteiger partial charge in [-0.25, -0.2) is 9.78 Å². The number of ether oxygens (including phenoxy) is 2. The van der Waals surface area contributed by atoms with E-state index in [-0.39, 0.29) is 29.6 Å². The van der Waals surface area contributed by atoms with E-state index in [9.17, 15) is 9.59 Å². The molecule has 9 nitrogen and oxygen atoms in total. The number of aryl methyl sites for hydroxylation is 1. The molecule has 214 valence electrons. The molecule has 2 atom stereocenters. The third-order valence-electron chi connectivity index (χ3n) is 6.84. The van der Waals surface area contributed by atoms with Gasteiger partial charge in [-0.1, -0.05) is 49.2 Å². The number of hydrogen-bond acceptors (Lipinski definition) is 7. The molecule has 0 saturated heterocycles. The minimum atomic E-state index is -0.490. The number of nitrogens with zero attached hydrogens (tertiary/aromatic N) is 3. The smallest absolute Gasteiger partial charge is 0.332 e. The van der Waals surface area contributed by atoms with Crippen LogP contribution in [0.15, 0.2) is 51.8 Å². The van der Waals surface area contributed by atoms with Crippen molar-refractivity contribution in [1.29, 1.82) is 0 Å². The highest BCUT2D eigenvalue weighted by molar-refractivity contribution is 6.36. The summed E-state index contributed by atoms with van der Waals surface area (Å²) in [5, 5.41) is 4.49. The average molecular weight is 589 g/mol. The Bertz CT molecular complexity index is 1580. The van der Waals surface area contributed by atoms with Gasteiger partial charge in [-0.15, -0.1) is 0 Å². The molecule has 40 heavy (non-hydrogen) atoms. The maximum absolute atomic E-state index is 13.5. The van der Waals surface area contributed by atoms with Crippen LogP contribution in [0.2, 0.25) is 10.0 Å². The lowest BCUT2D eigenvalue weighted by Crippen LogP contribution is -2.38. The van der Waals surface area contributed by atoms with E-state index >= 15 is 0 Å². The number of nitrogens with one attached hydrogen (secondary N) is 1. The molecule has 3 N–H and O–H groups in total. The minimum absolute atomic E-state index is 0.0621. The Hall–Kier alpha value is -3.11. The summed E-state index contributed by atoms with van der Waals surface area (Å²) in [6.07, 6.45) is 7.64. The zero-order valence-corrected chi connectivity index (χ0v) is 24.7. The summed E-state index contributed by atoms with van der Waals surface area (Å²) in [6, 6.07) is 5.05. The zero-order chi connectivity index (χ0) is 29.0. The van der Waals surface area contributed by atoms with E-state index in [4.69, 9.17) is 43.4 Å². The van der Waals surface area contributed by atoms with Crippen LogP contribution in [-0.2, 0) is 30.1 Å². The second kappa shape index (κ2) is 13.0. The molecule has 2 aromatic heterocycles. The molecule has 1 aromatic carbocycles. The number of halogens is 2. The Morgan fingerprint density at radius 1 is 1.10 bits per heavy atom. The first kappa shape index (κ1) is 29.9. The Morgan fingerprint density at radius 3 is 2.52 bits per heavy atom. The number of hydrogen-bond donors (Lipinski definition) is 2. The summed E-state index contributed by atoms with van der Waals surface area (Å²) in [4.78, 5) is 31.1. The molecule has 3 aromatic rings. The van der Waals surface area contributed by atoms with Gasteiger partial charge < -0.3 is 20.5 Å². The monoisotopic (exact) mass is 587 g/mol. The summed E-state index contributed by atoms with van der Waals surface area (Å²) >= 11 is 12.8. The second-order valence-corrected chi connectivity index (χ2v) is 10.5. The number of anilines is 1. The van der Waals surface area contributed by atoms with Gasteiger partial charge >= 0.3 is 5.69 Å². The van der Waals surface area contributed by atoms with Crippen molar-refractivity contribution >= 4 is 40.1 Å². The van der Waals surface area contributed by atoms with Gasteiger partial charge in [-0.3, -0.25) is 13.9 Å². The van der Waals surface area contributed by atoms with E-state index in [1.807, 2.05) is 12.2 Å². The maximum Gasteiger partial charge on any atom is 0.332 e. The van der Waals surface area contributed by atoms with E-state index in [1.165, 1.54) is 11.6 Å². The van der Waals surface area contributed by atoms with Gasteiger partial charge in [-0.2, -0.15) is 0 Å². The van der Waals surface area contributed by atoms with Crippen molar-refractivity contribution < 1.29 is 9.47 Å². The molecule has 0 bridgehead atoms. The maximum atomic E-state index is 13.5. The Balaban J connectivity index is 1.87. The van der Waals surface area contributed by atoms with E-state index in [0.29, 0.717) is 52.3 Å². The lowest BCUT2D eigenvalue weighted by molar-refractivity contribution is 0.0578. The number of benzene rings is 1. The van der Waals surface area contributed by atoms with E-state index in [1.54, 1.807) is 25.2 Å². The number of rotatable bonds is 11. The van der Waals surface area contributed by atoms with Crippen molar-refractivity contribution in [3.63, 3.8) is 0 Å². The standard InChI is InChI=1S/C29H35Cl2N5O4/c1-5-11-39-19-8-10-23(40-12-6-2)17(13-19)16-33-26-21(15-32)24(20-9-7-18(30)14-22(20)31)25-27(34-26)35(3)29(38)36(4)28(25)37/h7-10,13-14,17,23H,5-6,11-12,15-16,32H2,1-4H3,(H,33,34). The van der Waals surface area contributed by atoms with Crippen LogP contribution in [-0.4, -0.2) is 40.0 Å². The molecule has 4 rings (SSSR count). The predicted molar refractivity (Wildman–Crippen MR) is 161 cm³/mol. The molecule has 0 radical (unpaired) electrons. The molecule has 2 heterocycles. The number of fused-ring (bicyclic) bond motifs is 1. The van der Waals surface area contributed by atoms with Gasteiger partial charge in [0.2, 0.25) is 0 Å². The quantitative estimate of drug-likeness (QED) is 0.332. The van der Waals surface area contributed by atoms with Crippen LogP contribution in [0.25, 0.3) is 22.2 Å². The average Bonchev–Trinajstić information content (AvgIpc) is 2.95. The summed E-state index contributed by atoms with van der Waals surface area (Å²) in [5.74, 6) is 1.17. The van der Waals surface area contributed by atoms with Gasteiger partial charge in [0.1, 0.15) is 11.6 Å². The molecule has 1 aliphatic rings. The number of aromatic nitrogens is 3. The third-order valence-corrected chi connectivity index (χ3v) is 7.38. The van der Waals surface area contributed by atoms with Gasteiger partial charge in [0.15, 0.2) is 5.65 Å². The highest BCUT2D eigenvalue weighted by atomic mass is 35.5. The topological polar surface area (TPSA) is 113 Å². The summed E-state index contributed by atoms with van der Waals surface area (Å²) < 4.78 is 14.4. The number of allylic oxidation sites excluding steroid dienone is 1.